The number of nitrogens with zero attached hydrogens (tertiary/aromatic N) is 1. The van der Waals surface area contributed by atoms with E-state index in [0.29, 0.717) is 0 Å². The van der Waals surface area contributed by atoms with Crippen molar-refractivity contribution in [1.29, 1.82) is 5.26 Å². The molecular formula is C9H14N2O. The van der Waals surface area contributed by atoms with Gasteiger partial charge in [0.05, 0.1) is 17.9 Å². The number of hydrogen-bond donors (Lipinski definition) is 1. The summed E-state index contributed by atoms with van der Waals surface area (Å²) < 4.78 is 0. The van der Waals surface area contributed by atoms with Crippen LogP contribution < -0.4 is 5.32 Å². The predicted molar refractivity (Wildman–Crippen MR) is 45.1 cm³/mol. The van der Waals surface area contributed by atoms with E-state index in [-0.39, 0.29) is 17.7 Å². The molecule has 3 heteroatoms. The van der Waals surface area contributed by atoms with Crippen LogP contribution >= 0.6 is 0 Å². The van der Waals surface area contributed by atoms with Crippen molar-refractivity contribution in [1.82, 2.24) is 5.32 Å². The molecule has 0 aliphatic carbocycles. The zero-order valence-corrected chi connectivity index (χ0v) is 7.34. The van der Waals surface area contributed by atoms with E-state index < -0.39 is 0 Å². The molecule has 0 saturated carbocycles. The van der Waals surface area contributed by atoms with Gasteiger partial charge >= 0.3 is 0 Å². The van der Waals surface area contributed by atoms with E-state index in [1.54, 1.807) is 0 Å². The minimum atomic E-state index is -0.0923. The largest absolute Gasteiger partial charge is 0.356 e. The van der Waals surface area contributed by atoms with Crippen molar-refractivity contribution in [3.63, 3.8) is 0 Å². The van der Waals surface area contributed by atoms with E-state index in [4.69, 9.17) is 5.26 Å². The van der Waals surface area contributed by atoms with Crippen molar-refractivity contribution in [2.45, 2.75) is 26.2 Å². The molecule has 1 fully saturated rings. The molecule has 1 amide bonds. The van der Waals surface area contributed by atoms with E-state index in [1.165, 1.54) is 0 Å². The fourth-order valence-electron chi connectivity index (χ4n) is 1.65. The van der Waals surface area contributed by atoms with Gasteiger partial charge in [0, 0.05) is 6.54 Å². The number of hydrogen-bond acceptors (Lipinski definition) is 2. The average molecular weight is 166 g/mol. The first-order chi connectivity index (χ1) is 5.79. The summed E-state index contributed by atoms with van der Waals surface area (Å²) in [5.74, 6) is -0.0892. The zero-order valence-electron chi connectivity index (χ0n) is 7.34. The molecule has 2 atom stereocenters. The summed E-state index contributed by atoms with van der Waals surface area (Å²) in [6.45, 7) is 2.73. The molecular weight excluding hydrogens is 152 g/mol. The number of amides is 1. The zero-order chi connectivity index (χ0) is 8.97. The first-order valence-corrected chi connectivity index (χ1v) is 4.47. The quantitative estimate of drug-likeness (QED) is 0.667. The van der Waals surface area contributed by atoms with Gasteiger partial charge in [-0.3, -0.25) is 4.79 Å². The van der Waals surface area contributed by atoms with E-state index in [9.17, 15) is 4.79 Å². The maximum Gasteiger partial charge on any atom is 0.224 e. The molecule has 1 aliphatic heterocycles. The summed E-state index contributed by atoms with van der Waals surface area (Å²) in [7, 11) is 0. The van der Waals surface area contributed by atoms with Crippen molar-refractivity contribution in [2.75, 3.05) is 6.54 Å². The van der Waals surface area contributed by atoms with Crippen LogP contribution in [0, 0.1) is 23.2 Å². The van der Waals surface area contributed by atoms with Crippen molar-refractivity contribution >= 4 is 5.91 Å². The second-order valence-corrected chi connectivity index (χ2v) is 3.18. The first-order valence-electron chi connectivity index (χ1n) is 4.47. The van der Waals surface area contributed by atoms with Crippen LogP contribution in [0.5, 0.6) is 0 Å². The Bertz CT molecular complexity index is 207. The normalized spacial score (nSPS) is 25.7. The molecule has 0 spiro atoms. The molecule has 2 unspecified atom stereocenters. The number of carbonyl (C=O) groups excluding carboxylic acids is 1. The summed E-state index contributed by atoms with van der Waals surface area (Å²) in [4.78, 5) is 11.3. The smallest absolute Gasteiger partial charge is 0.224 e. The van der Waals surface area contributed by atoms with E-state index >= 15 is 0 Å². The van der Waals surface area contributed by atoms with Crippen LogP contribution in [0.3, 0.4) is 0 Å². The van der Waals surface area contributed by atoms with Crippen LogP contribution in [0.2, 0.25) is 0 Å². The van der Waals surface area contributed by atoms with E-state index in [2.05, 4.69) is 11.4 Å². The number of carbonyl (C=O) groups is 1. The third kappa shape index (κ3) is 1.76. The minimum absolute atomic E-state index is 0.0613. The lowest BCUT2D eigenvalue weighted by atomic mass is 9.85. The fourth-order valence-corrected chi connectivity index (χ4v) is 1.65. The number of piperidine rings is 1. The number of nitrogens with one attached hydrogen (secondary N) is 1. The Morgan fingerprint density at radius 2 is 2.58 bits per heavy atom. The summed E-state index contributed by atoms with van der Waals surface area (Å²) in [6.07, 6.45) is 2.65. The maximum atomic E-state index is 11.3. The second-order valence-electron chi connectivity index (χ2n) is 3.18. The van der Waals surface area contributed by atoms with E-state index in [1.807, 2.05) is 6.92 Å². The van der Waals surface area contributed by atoms with Gasteiger partial charge in [0.25, 0.3) is 0 Å². The summed E-state index contributed by atoms with van der Waals surface area (Å²) in [6, 6.07) is 2.19. The lowest BCUT2D eigenvalue weighted by molar-refractivity contribution is -0.127. The van der Waals surface area contributed by atoms with Crippen molar-refractivity contribution in [3.05, 3.63) is 0 Å². The van der Waals surface area contributed by atoms with Crippen molar-refractivity contribution in [3.8, 4) is 6.07 Å². The van der Waals surface area contributed by atoms with Gasteiger partial charge in [0.15, 0.2) is 0 Å². The Kier molecular flexibility index (Phi) is 3.09. The van der Waals surface area contributed by atoms with Gasteiger partial charge in [-0.15, -0.1) is 0 Å². The summed E-state index contributed by atoms with van der Waals surface area (Å²) >= 11 is 0. The molecule has 0 aromatic heterocycles. The summed E-state index contributed by atoms with van der Waals surface area (Å²) in [5.41, 5.74) is 0. The van der Waals surface area contributed by atoms with Crippen molar-refractivity contribution in [2.24, 2.45) is 11.8 Å². The van der Waals surface area contributed by atoms with Gasteiger partial charge in [-0.1, -0.05) is 6.92 Å². The third-order valence-electron chi connectivity index (χ3n) is 2.42. The van der Waals surface area contributed by atoms with Gasteiger partial charge in [-0.25, -0.2) is 0 Å². The van der Waals surface area contributed by atoms with Crippen LogP contribution in [-0.2, 0) is 4.79 Å². The highest BCUT2D eigenvalue weighted by atomic mass is 16.1. The molecule has 1 N–H and O–H groups in total. The Morgan fingerprint density at radius 3 is 3.08 bits per heavy atom. The third-order valence-corrected chi connectivity index (χ3v) is 2.42. The molecule has 0 bridgehead atoms. The maximum absolute atomic E-state index is 11.3. The van der Waals surface area contributed by atoms with Crippen LogP contribution in [0.25, 0.3) is 0 Å². The van der Waals surface area contributed by atoms with Gasteiger partial charge in [-0.2, -0.15) is 5.26 Å². The van der Waals surface area contributed by atoms with Gasteiger partial charge in [0.1, 0.15) is 0 Å². The van der Waals surface area contributed by atoms with Gasteiger partial charge in [-0.05, 0) is 19.3 Å². The topological polar surface area (TPSA) is 52.9 Å². The van der Waals surface area contributed by atoms with Crippen molar-refractivity contribution < 1.29 is 4.79 Å². The highest BCUT2D eigenvalue weighted by Gasteiger charge is 2.28. The Hall–Kier alpha value is -1.04. The molecule has 12 heavy (non-hydrogen) atoms. The fraction of sp³-hybridized carbons (Fsp3) is 0.778. The lowest BCUT2D eigenvalue weighted by Gasteiger charge is -2.24. The van der Waals surface area contributed by atoms with E-state index in [0.717, 1.165) is 25.8 Å². The molecule has 1 heterocycles. The molecule has 66 valence electrons. The van der Waals surface area contributed by atoms with Crippen LogP contribution in [0.1, 0.15) is 26.2 Å². The monoisotopic (exact) mass is 166 g/mol. The molecule has 3 nitrogen and oxygen atoms in total. The molecule has 1 aliphatic rings. The van der Waals surface area contributed by atoms with Crippen LogP contribution in [0.15, 0.2) is 0 Å². The number of nitriles is 1. The summed E-state index contributed by atoms with van der Waals surface area (Å²) in [5, 5.41) is 11.6. The Labute approximate surface area is 72.8 Å². The minimum Gasteiger partial charge on any atom is -0.356 e. The second kappa shape index (κ2) is 4.10. The van der Waals surface area contributed by atoms with Crippen LogP contribution in [-0.4, -0.2) is 12.5 Å². The first kappa shape index (κ1) is 9.05. The molecule has 0 aromatic carbocycles. The molecule has 0 radical (unpaired) electrons. The Balaban J connectivity index is 2.59. The van der Waals surface area contributed by atoms with Crippen LogP contribution in [0.4, 0.5) is 0 Å². The lowest BCUT2D eigenvalue weighted by Crippen LogP contribution is -2.39. The SMILES string of the molecule is CCC(C#N)C1CCCNC1=O. The molecule has 0 aromatic rings. The molecule has 1 saturated heterocycles. The Morgan fingerprint density at radius 1 is 1.83 bits per heavy atom. The highest BCUT2D eigenvalue weighted by molar-refractivity contribution is 5.79. The van der Waals surface area contributed by atoms with Gasteiger partial charge in [0.2, 0.25) is 5.91 Å². The van der Waals surface area contributed by atoms with Gasteiger partial charge < -0.3 is 5.32 Å². The number of rotatable bonds is 2. The standard InChI is InChI=1S/C9H14N2O/c1-2-7(6-10)8-4-3-5-11-9(8)12/h7-8H,2-5H2,1H3,(H,11,12). The predicted octanol–water partition coefficient (Wildman–Crippen LogP) is 1.06. The average Bonchev–Trinajstić information content (AvgIpc) is 2.10. The highest BCUT2D eigenvalue weighted by Crippen LogP contribution is 2.22. The molecule has 1 rings (SSSR count).